The van der Waals surface area contributed by atoms with Crippen LogP contribution in [0.2, 0.25) is 10.0 Å². The fraction of sp³-hybridized carbons (Fsp3) is 0.357. The minimum atomic E-state index is 0.0824. The molecule has 0 N–H and O–H groups in total. The Hall–Kier alpha value is -0.570. The first-order valence-corrected chi connectivity index (χ1v) is 7.39. The van der Waals surface area contributed by atoms with E-state index in [9.17, 15) is 0 Å². The SMILES string of the molecule is CC(C)(C)c1csc(Cc2c(Cl)cccc2Cl)n1. The summed E-state index contributed by atoms with van der Waals surface area (Å²) in [6, 6.07) is 5.58. The number of rotatable bonds is 2. The Morgan fingerprint density at radius 1 is 1.17 bits per heavy atom. The fourth-order valence-corrected chi connectivity index (χ4v) is 3.15. The summed E-state index contributed by atoms with van der Waals surface area (Å²) in [4.78, 5) is 4.66. The van der Waals surface area contributed by atoms with E-state index in [1.54, 1.807) is 11.3 Å². The van der Waals surface area contributed by atoms with Gasteiger partial charge in [-0.25, -0.2) is 4.98 Å². The summed E-state index contributed by atoms with van der Waals surface area (Å²) in [5.41, 5.74) is 2.15. The Balaban J connectivity index is 2.27. The third kappa shape index (κ3) is 3.05. The molecule has 0 fully saturated rings. The van der Waals surface area contributed by atoms with Crippen LogP contribution in [0.1, 0.15) is 37.0 Å². The molecule has 0 saturated carbocycles. The second kappa shape index (κ2) is 5.20. The first kappa shape index (κ1) is 13.9. The molecule has 0 spiro atoms. The molecule has 0 saturated heterocycles. The van der Waals surface area contributed by atoms with E-state index in [1.807, 2.05) is 18.2 Å². The second-order valence-electron chi connectivity index (χ2n) is 5.25. The minimum absolute atomic E-state index is 0.0824. The summed E-state index contributed by atoms with van der Waals surface area (Å²) in [5, 5.41) is 4.57. The molecule has 2 rings (SSSR count). The molecule has 1 nitrogen and oxygen atoms in total. The van der Waals surface area contributed by atoms with Crippen LogP contribution in [0.4, 0.5) is 0 Å². The van der Waals surface area contributed by atoms with Crippen LogP contribution in [0.25, 0.3) is 0 Å². The zero-order valence-electron chi connectivity index (χ0n) is 10.6. The average Bonchev–Trinajstić information content (AvgIpc) is 2.72. The maximum atomic E-state index is 6.17. The molecule has 0 atom stereocenters. The quantitative estimate of drug-likeness (QED) is 0.729. The number of aromatic nitrogens is 1. The lowest BCUT2D eigenvalue weighted by Gasteiger charge is -2.14. The summed E-state index contributed by atoms with van der Waals surface area (Å²) >= 11 is 14.0. The Morgan fingerprint density at radius 3 is 2.28 bits per heavy atom. The van der Waals surface area contributed by atoms with Crippen molar-refractivity contribution < 1.29 is 0 Å². The number of hydrogen-bond acceptors (Lipinski definition) is 2. The van der Waals surface area contributed by atoms with Gasteiger partial charge in [0.1, 0.15) is 0 Å². The van der Waals surface area contributed by atoms with E-state index in [0.717, 1.165) is 16.3 Å². The van der Waals surface area contributed by atoms with Gasteiger partial charge in [-0.3, -0.25) is 0 Å². The molecule has 2 aromatic rings. The second-order valence-corrected chi connectivity index (χ2v) is 7.01. The largest absolute Gasteiger partial charge is 0.245 e. The number of halogens is 2. The highest BCUT2D eigenvalue weighted by atomic mass is 35.5. The molecule has 0 aliphatic heterocycles. The zero-order valence-corrected chi connectivity index (χ0v) is 13.0. The van der Waals surface area contributed by atoms with Gasteiger partial charge in [0.15, 0.2) is 0 Å². The Labute approximate surface area is 122 Å². The third-order valence-electron chi connectivity index (χ3n) is 2.71. The van der Waals surface area contributed by atoms with Crippen LogP contribution in [-0.2, 0) is 11.8 Å². The predicted molar refractivity (Wildman–Crippen MR) is 80.1 cm³/mol. The van der Waals surface area contributed by atoms with Crippen LogP contribution in [0.5, 0.6) is 0 Å². The maximum Gasteiger partial charge on any atom is 0.0973 e. The molecule has 1 aromatic heterocycles. The van der Waals surface area contributed by atoms with E-state index in [-0.39, 0.29) is 5.41 Å². The first-order valence-electron chi connectivity index (χ1n) is 5.75. The third-order valence-corrected chi connectivity index (χ3v) is 4.27. The maximum absolute atomic E-state index is 6.17. The molecule has 18 heavy (non-hydrogen) atoms. The fourth-order valence-electron chi connectivity index (χ4n) is 1.59. The summed E-state index contributed by atoms with van der Waals surface area (Å²) in [6.07, 6.45) is 0.694. The Bertz CT molecular complexity index is 535. The van der Waals surface area contributed by atoms with Crippen LogP contribution < -0.4 is 0 Å². The van der Waals surface area contributed by atoms with Crippen LogP contribution in [0.3, 0.4) is 0 Å². The van der Waals surface area contributed by atoms with Gasteiger partial charge in [-0.1, -0.05) is 50.0 Å². The molecule has 0 aliphatic carbocycles. The van der Waals surface area contributed by atoms with Crippen LogP contribution >= 0.6 is 34.5 Å². The van der Waals surface area contributed by atoms with Gasteiger partial charge in [-0.15, -0.1) is 11.3 Å². The summed E-state index contributed by atoms with van der Waals surface area (Å²) in [5.74, 6) is 0. The predicted octanol–water partition coefficient (Wildman–Crippen LogP) is 5.34. The normalized spacial score (nSPS) is 11.8. The van der Waals surface area contributed by atoms with Crippen molar-refractivity contribution in [3.8, 4) is 0 Å². The lowest BCUT2D eigenvalue weighted by atomic mass is 9.93. The summed E-state index contributed by atoms with van der Waals surface area (Å²) < 4.78 is 0. The molecular formula is C14H15Cl2NS. The topological polar surface area (TPSA) is 12.9 Å². The van der Waals surface area contributed by atoms with Crippen LogP contribution in [-0.4, -0.2) is 4.98 Å². The van der Waals surface area contributed by atoms with E-state index in [4.69, 9.17) is 23.2 Å². The molecular weight excluding hydrogens is 285 g/mol. The van der Waals surface area contributed by atoms with Crippen molar-refractivity contribution in [2.75, 3.05) is 0 Å². The Morgan fingerprint density at radius 2 is 1.78 bits per heavy atom. The van der Waals surface area contributed by atoms with Crippen molar-refractivity contribution in [1.82, 2.24) is 4.98 Å². The molecule has 1 aromatic carbocycles. The monoisotopic (exact) mass is 299 g/mol. The summed E-state index contributed by atoms with van der Waals surface area (Å²) in [7, 11) is 0. The van der Waals surface area contributed by atoms with Gasteiger partial charge in [0.2, 0.25) is 0 Å². The van der Waals surface area contributed by atoms with E-state index in [0.29, 0.717) is 16.5 Å². The highest BCUT2D eigenvalue weighted by Crippen LogP contribution is 2.30. The number of hydrogen-bond donors (Lipinski definition) is 0. The lowest BCUT2D eigenvalue weighted by molar-refractivity contribution is 0.571. The lowest BCUT2D eigenvalue weighted by Crippen LogP contribution is -2.11. The van der Waals surface area contributed by atoms with E-state index < -0.39 is 0 Å². The Kier molecular flexibility index (Phi) is 4.00. The number of nitrogens with zero attached hydrogens (tertiary/aromatic N) is 1. The van der Waals surface area contributed by atoms with Crippen molar-refractivity contribution in [1.29, 1.82) is 0 Å². The molecule has 96 valence electrons. The van der Waals surface area contributed by atoms with Gasteiger partial charge in [-0.2, -0.15) is 0 Å². The van der Waals surface area contributed by atoms with E-state index in [1.165, 1.54) is 0 Å². The molecule has 0 amide bonds. The zero-order chi connectivity index (χ0) is 13.3. The van der Waals surface area contributed by atoms with Crippen LogP contribution in [0, 0.1) is 0 Å². The van der Waals surface area contributed by atoms with Crippen molar-refractivity contribution in [2.45, 2.75) is 32.6 Å². The molecule has 0 bridgehead atoms. The standard InChI is InChI=1S/C14H15Cl2NS/c1-14(2,3)12-8-18-13(17-12)7-9-10(15)5-4-6-11(9)16/h4-6,8H,7H2,1-3H3. The molecule has 0 radical (unpaired) electrons. The minimum Gasteiger partial charge on any atom is -0.245 e. The van der Waals surface area contributed by atoms with Crippen molar-refractivity contribution in [3.63, 3.8) is 0 Å². The van der Waals surface area contributed by atoms with E-state index in [2.05, 4.69) is 31.1 Å². The van der Waals surface area contributed by atoms with Crippen molar-refractivity contribution in [3.05, 3.63) is 49.9 Å². The van der Waals surface area contributed by atoms with Crippen LogP contribution in [0.15, 0.2) is 23.6 Å². The summed E-state index contributed by atoms with van der Waals surface area (Å²) in [6.45, 7) is 6.48. The highest BCUT2D eigenvalue weighted by Gasteiger charge is 2.18. The first-order chi connectivity index (χ1) is 8.38. The molecule has 4 heteroatoms. The van der Waals surface area contributed by atoms with Gasteiger partial charge in [0.25, 0.3) is 0 Å². The molecule has 0 unspecified atom stereocenters. The average molecular weight is 300 g/mol. The highest BCUT2D eigenvalue weighted by molar-refractivity contribution is 7.09. The van der Waals surface area contributed by atoms with Crippen molar-refractivity contribution >= 4 is 34.5 Å². The van der Waals surface area contributed by atoms with Crippen molar-refractivity contribution in [2.24, 2.45) is 0 Å². The van der Waals surface area contributed by atoms with Gasteiger partial charge in [0.05, 0.1) is 10.7 Å². The number of benzene rings is 1. The number of thiazole rings is 1. The molecule has 1 heterocycles. The molecule has 0 aliphatic rings. The van der Waals surface area contributed by atoms with Gasteiger partial charge >= 0.3 is 0 Å². The van der Waals surface area contributed by atoms with Gasteiger partial charge in [-0.05, 0) is 17.7 Å². The van der Waals surface area contributed by atoms with Gasteiger partial charge in [0, 0.05) is 27.3 Å². The van der Waals surface area contributed by atoms with E-state index >= 15 is 0 Å². The smallest absolute Gasteiger partial charge is 0.0973 e. The van der Waals surface area contributed by atoms with Gasteiger partial charge < -0.3 is 0 Å².